The number of carbonyl (C=O) groups excluding carboxylic acids is 2. The van der Waals surface area contributed by atoms with E-state index in [9.17, 15) is 22.8 Å². The van der Waals surface area contributed by atoms with Crippen LogP contribution < -0.4 is 19.7 Å². The number of ether oxygens (including phenoxy) is 2. The lowest BCUT2D eigenvalue weighted by Gasteiger charge is -2.15. The van der Waals surface area contributed by atoms with Crippen LogP contribution in [0.25, 0.3) is 5.57 Å². The molecule has 0 unspecified atom stereocenters. The number of rotatable bonds is 7. The fourth-order valence-corrected chi connectivity index (χ4v) is 3.49. The number of carbonyl (C=O) groups is 2. The minimum atomic E-state index is -4.82. The number of hydrogen-bond acceptors (Lipinski definition) is 5. The lowest BCUT2D eigenvalue weighted by Crippen LogP contribution is -2.32. The van der Waals surface area contributed by atoms with Gasteiger partial charge < -0.3 is 14.8 Å². The van der Waals surface area contributed by atoms with Gasteiger partial charge in [-0.1, -0.05) is 30.3 Å². The molecule has 0 saturated carbocycles. The van der Waals surface area contributed by atoms with Crippen LogP contribution in [0.5, 0.6) is 11.5 Å². The van der Waals surface area contributed by atoms with E-state index in [0.29, 0.717) is 29.3 Å². The van der Waals surface area contributed by atoms with Crippen molar-refractivity contribution in [2.75, 3.05) is 16.8 Å². The van der Waals surface area contributed by atoms with Crippen molar-refractivity contribution in [2.45, 2.75) is 13.3 Å². The summed E-state index contributed by atoms with van der Waals surface area (Å²) in [5.74, 6) is -0.910. The molecular formula is C25H19F3N2O4. The van der Waals surface area contributed by atoms with Gasteiger partial charge in [0.2, 0.25) is 0 Å². The Balaban J connectivity index is 1.71. The van der Waals surface area contributed by atoms with Gasteiger partial charge in [-0.15, -0.1) is 13.2 Å². The van der Waals surface area contributed by atoms with Gasteiger partial charge in [0.05, 0.1) is 17.9 Å². The lowest BCUT2D eigenvalue weighted by molar-refractivity contribution is -0.274. The Morgan fingerprint density at radius 2 is 1.44 bits per heavy atom. The molecule has 3 aromatic rings. The van der Waals surface area contributed by atoms with Gasteiger partial charge in [0.15, 0.2) is 0 Å². The molecule has 2 amide bonds. The van der Waals surface area contributed by atoms with Crippen LogP contribution in [0.4, 0.5) is 24.5 Å². The summed E-state index contributed by atoms with van der Waals surface area (Å²) < 4.78 is 46.7. The second-order valence-electron chi connectivity index (χ2n) is 7.19. The van der Waals surface area contributed by atoms with Crippen molar-refractivity contribution in [1.29, 1.82) is 0 Å². The molecule has 1 aliphatic rings. The molecule has 0 spiro atoms. The molecule has 34 heavy (non-hydrogen) atoms. The second-order valence-corrected chi connectivity index (χ2v) is 7.19. The highest BCUT2D eigenvalue weighted by Crippen LogP contribution is 2.34. The van der Waals surface area contributed by atoms with E-state index in [4.69, 9.17) is 4.74 Å². The van der Waals surface area contributed by atoms with Crippen LogP contribution in [0, 0.1) is 0 Å². The first-order valence-corrected chi connectivity index (χ1v) is 10.3. The highest BCUT2D eigenvalue weighted by molar-refractivity contribution is 6.46. The fraction of sp³-hybridized carbons (Fsp3) is 0.120. The number of halogens is 3. The molecule has 9 heteroatoms. The van der Waals surface area contributed by atoms with E-state index in [0.717, 1.165) is 17.0 Å². The number of nitrogens with zero attached hydrogens (tertiary/aromatic N) is 1. The maximum Gasteiger partial charge on any atom is 0.573 e. The van der Waals surface area contributed by atoms with Gasteiger partial charge in [0.1, 0.15) is 17.2 Å². The van der Waals surface area contributed by atoms with Crippen LogP contribution in [0.3, 0.4) is 0 Å². The monoisotopic (exact) mass is 468 g/mol. The number of para-hydroxylation sites is 1. The standard InChI is InChI=1S/C25H19F3N2O4/c1-2-33-19-12-8-16(9-13-19)21-22(24(32)30(23(21)31)18-6-4-3-5-7-18)29-17-10-14-20(15-11-17)34-25(26,27)28/h3-15,29H,2H2,1H3. The number of alkyl halides is 3. The molecule has 0 aromatic heterocycles. The molecule has 0 bridgehead atoms. The van der Waals surface area contributed by atoms with Gasteiger partial charge in [-0.3, -0.25) is 9.59 Å². The number of imide groups is 1. The van der Waals surface area contributed by atoms with E-state index in [1.165, 1.54) is 12.1 Å². The third kappa shape index (κ3) is 4.88. The normalized spacial score (nSPS) is 13.9. The molecule has 0 fully saturated rings. The summed E-state index contributed by atoms with van der Waals surface area (Å²) in [5.41, 5.74) is 1.32. The Morgan fingerprint density at radius 3 is 2.03 bits per heavy atom. The van der Waals surface area contributed by atoms with E-state index in [2.05, 4.69) is 10.1 Å². The molecule has 4 rings (SSSR count). The number of amides is 2. The first-order valence-electron chi connectivity index (χ1n) is 10.3. The number of nitrogens with one attached hydrogen (secondary N) is 1. The first kappa shape index (κ1) is 22.9. The predicted octanol–water partition coefficient (Wildman–Crippen LogP) is 5.38. The van der Waals surface area contributed by atoms with Gasteiger partial charge in [-0.05, 0) is 61.0 Å². The van der Waals surface area contributed by atoms with Crippen molar-refractivity contribution in [3.8, 4) is 11.5 Å². The van der Waals surface area contributed by atoms with E-state index in [1.54, 1.807) is 54.6 Å². The molecule has 6 nitrogen and oxygen atoms in total. The SMILES string of the molecule is CCOc1ccc(C2=C(Nc3ccc(OC(F)(F)F)cc3)C(=O)N(c3ccccc3)C2=O)cc1. The largest absolute Gasteiger partial charge is 0.573 e. The van der Waals surface area contributed by atoms with Crippen molar-refractivity contribution in [3.63, 3.8) is 0 Å². The molecule has 0 atom stereocenters. The summed E-state index contributed by atoms with van der Waals surface area (Å²) in [4.78, 5) is 27.7. The lowest BCUT2D eigenvalue weighted by atomic mass is 10.0. The van der Waals surface area contributed by atoms with Crippen LogP contribution in [0.1, 0.15) is 12.5 Å². The molecule has 1 heterocycles. The molecule has 174 valence electrons. The zero-order valence-electron chi connectivity index (χ0n) is 17.9. The second kappa shape index (κ2) is 9.30. The third-order valence-electron chi connectivity index (χ3n) is 4.91. The van der Waals surface area contributed by atoms with Crippen molar-refractivity contribution in [3.05, 3.63) is 90.1 Å². The molecule has 0 aliphatic carbocycles. The Labute approximate surface area is 193 Å². The maximum atomic E-state index is 13.4. The Morgan fingerprint density at radius 1 is 0.824 bits per heavy atom. The van der Waals surface area contributed by atoms with Crippen LogP contribution >= 0.6 is 0 Å². The summed E-state index contributed by atoms with van der Waals surface area (Å²) in [6.45, 7) is 2.32. The molecule has 1 N–H and O–H groups in total. The minimum absolute atomic E-state index is 0.00232. The van der Waals surface area contributed by atoms with E-state index >= 15 is 0 Å². The van der Waals surface area contributed by atoms with E-state index in [-0.39, 0.29) is 11.3 Å². The predicted molar refractivity (Wildman–Crippen MR) is 120 cm³/mol. The Hall–Kier alpha value is -4.27. The smallest absolute Gasteiger partial charge is 0.494 e. The van der Waals surface area contributed by atoms with Crippen LogP contribution in [-0.2, 0) is 9.59 Å². The highest BCUT2D eigenvalue weighted by Gasteiger charge is 2.40. The van der Waals surface area contributed by atoms with Crippen molar-refractivity contribution >= 4 is 28.8 Å². The van der Waals surface area contributed by atoms with E-state index in [1.807, 2.05) is 6.92 Å². The van der Waals surface area contributed by atoms with Gasteiger partial charge in [0.25, 0.3) is 11.8 Å². The minimum Gasteiger partial charge on any atom is -0.494 e. The molecular weight excluding hydrogens is 449 g/mol. The fourth-order valence-electron chi connectivity index (χ4n) is 3.49. The summed E-state index contributed by atoms with van der Waals surface area (Å²) in [6, 6.07) is 20.0. The van der Waals surface area contributed by atoms with Crippen LogP contribution in [0.15, 0.2) is 84.6 Å². The topological polar surface area (TPSA) is 67.9 Å². The number of anilines is 2. The summed E-state index contributed by atoms with van der Waals surface area (Å²) in [6.07, 6.45) is -4.82. The zero-order chi connectivity index (χ0) is 24.3. The summed E-state index contributed by atoms with van der Waals surface area (Å²) in [5, 5.41) is 2.90. The van der Waals surface area contributed by atoms with Crippen LogP contribution in [-0.4, -0.2) is 24.8 Å². The molecule has 0 saturated heterocycles. The average molecular weight is 468 g/mol. The first-order chi connectivity index (χ1) is 16.3. The summed E-state index contributed by atoms with van der Waals surface area (Å²) in [7, 11) is 0. The maximum absolute atomic E-state index is 13.4. The molecule has 1 aliphatic heterocycles. The molecule has 3 aromatic carbocycles. The van der Waals surface area contributed by atoms with Crippen molar-refractivity contribution in [2.24, 2.45) is 0 Å². The number of benzene rings is 3. The van der Waals surface area contributed by atoms with Gasteiger partial charge >= 0.3 is 6.36 Å². The quantitative estimate of drug-likeness (QED) is 0.472. The zero-order valence-corrected chi connectivity index (χ0v) is 17.9. The van der Waals surface area contributed by atoms with Crippen LogP contribution in [0.2, 0.25) is 0 Å². The van der Waals surface area contributed by atoms with Crippen molar-refractivity contribution in [1.82, 2.24) is 0 Å². The van der Waals surface area contributed by atoms with E-state index < -0.39 is 23.9 Å². The number of hydrogen-bond donors (Lipinski definition) is 1. The van der Waals surface area contributed by atoms with Gasteiger partial charge in [0, 0.05) is 5.69 Å². The summed E-state index contributed by atoms with van der Waals surface area (Å²) >= 11 is 0. The highest BCUT2D eigenvalue weighted by atomic mass is 19.4. The third-order valence-corrected chi connectivity index (χ3v) is 4.91. The van der Waals surface area contributed by atoms with Gasteiger partial charge in [-0.2, -0.15) is 0 Å². The van der Waals surface area contributed by atoms with Crippen molar-refractivity contribution < 1.29 is 32.2 Å². The Kier molecular flexibility index (Phi) is 6.27. The Bertz CT molecular complexity index is 1220. The average Bonchev–Trinajstić information content (AvgIpc) is 3.05. The van der Waals surface area contributed by atoms with Gasteiger partial charge in [-0.25, -0.2) is 4.90 Å². The molecule has 0 radical (unpaired) electrons.